The fourth-order valence-electron chi connectivity index (χ4n) is 1.69. The quantitative estimate of drug-likeness (QED) is 0.639. The molecule has 3 nitrogen and oxygen atoms in total. The zero-order valence-electron chi connectivity index (χ0n) is 6.70. The van der Waals surface area contributed by atoms with E-state index in [0.717, 1.165) is 12.8 Å². The van der Waals surface area contributed by atoms with Crippen molar-refractivity contribution in [1.82, 2.24) is 9.78 Å². The molecule has 1 heterocycles. The summed E-state index contributed by atoms with van der Waals surface area (Å²) < 4.78 is 1.94. The lowest BCUT2D eigenvalue weighted by Gasteiger charge is -2.32. The van der Waals surface area contributed by atoms with E-state index in [2.05, 4.69) is 11.2 Å². The molecular weight excluding hydrogens is 138 g/mol. The van der Waals surface area contributed by atoms with Crippen LogP contribution in [0.1, 0.15) is 24.5 Å². The largest absolute Gasteiger partial charge is 0.328 e. The van der Waals surface area contributed by atoms with Crippen molar-refractivity contribution in [3.8, 4) is 0 Å². The maximum Gasteiger partial charge on any atom is 0.0492 e. The van der Waals surface area contributed by atoms with Gasteiger partial charge in [0.05, 0.1) is 0 Å². The van der Waals surface area contributed by atoms with Crippen molar-refractivity contribution >= 4 is 0 Å². The fraction of sp³-hybridized carbons (Fsp3) is 0.625. The lowest BCUT2D eigenvalue weighted by Crippen LogP contribution is -2.35. The van der Waals surface area contributed by atoms with Gasteiger partial charge in [0.15, 0.2) is 0 Å². The Morgan fingerprint density at radius 2 is 2.36 bits per heavy atom. The number of aryl methyl sites for hydroxylation is 1. The van der Waals surface area contributed by atoms with Gasteiger partial charge in [0.25, 0.3) is 0 Å². The van der Waals surface area contributed by atoms with Gasteiger partial charge in [-0.2, -0.15) is 5.10 Å². The molecule has 1 aromatic rings. The summed E-state index contributed by atoms with van der Waals surface area (Å²) >= 11 is 0. The van der Waals surface area contributed by atoms with Crippen LogP contribution in [0.5, 0.6) is 0 Å². The molecule has 0 saturated heterocycles. The zero-order valence-corrected chi connectivity index (χ0v) is 6.70. The number of hydrogen-bond acceptors (Lipinski definition) is 2. The summed E-state index contributed by atoms with van der Waals surface area (Å²) in [7, 11) is 1.99. The van der Waals surface area contributed by atoms with E-state index in [1.54, 1.807) is 0 Å². The minimum atomic E-state index is 0.426. The standard InChI is InChI=1S/C8H13N3/c1-11-8(2-3-10-11)6-4-7(9)5-6/h2-3,6-7H,4-5,9H2,1H3. The van der Waals surface area contributed by atoms with Crippen LogP contribution in [-0.2, 0) is 7.05 Å². The van der Waals surface area contributed by atoms with Gasteiger partial charge in [-0.05, 0) is 18.9 Å². The molecule has 60 valence electrons. The van der Waals surface area contributed by atoms with Crippen molar-refractivity contribution in [2.24, 2.45) is 12.8 Å². The molecular formula is C8H13N3. The third-order valence-electron chi connectivity index (χ3n) is 2.45. The van der Waals surface area contributed by atoms with E-state index in [9.17, 15) is 0 Å². The normalized spacial score (nSPS) is 30.0. The van der Waals surface area contributed by atoms with E-state index in [-0.39, 0.29) is 0 Å². The second kappa shape index (κ2) is 2.34. The summed E-state index contributed by atoms with van der Waals surface area (Å²) in [5.74, 6) is 0.664. The van der Waals surface area contributed by atoms with Gasteiger partial charge in [0.2, 0.25) is 0 Å². The van der Waals surface area contributed by atoms with Crippen LogP contribution < -0.4 is 5.73 Å². The molecule has 1 aromatic heterocycles. The highest BCUT2D eigenvalue weighted by atomic mass is 15.3. The van der Waals surface area contributed by atoms with Crippen molar-refractivity contribution in [2.75, 3.05) is 0 Å². The summed E-state index contributed by atoms with van der Waals surface area (Å²) in [6, 6.07) is 2.51. The van der Waals surface area contributed by atoms with Gasteiger partial charge in [-0.1, -0.05) is 0 Å². The summed E-state index contributed by atoms with van der Waals surface area (Å²) in [5.41, 5.74) is 7.02. The summed E-state index contributed by atoms with van der Waals surface area (Å²) in [6.45, 7) is 0. The second-order valence-corrected chi connectivity index (χ2v) is 3.31. The predicted molar refractivity (Wildman–Crippen MR) is 43.2 cm³/mol. The van der Waals surface area contributed by atoms with Gasteiger partial charge in [-0.25, -0.2) is 0 Å². The molecule has 0 aliphatic heterocycles. The molecule has 11 heavy (non-hydrogen) atoms. The van der Waals surface area contributed by atoms with Crippen LogP contribution in [-0.4, -0.2) is 15.8 Å². The van der Waals surface area contributed by atoms with Gasteiger partial charge in [0.1, 0.15) is 0 Å². The van der Waals surface area contributed by atoms with Gasteiger partial charge in [-0.15, -0.1) is 0 Å². The molecule has 0 spiro atoms. The fourth-order valence-corrected chi connectivity index (χ4v) is 1.69. The number of aromatic nitrogens is 2. The number of nitrogens with zero attached hydrogens (tertiary/aromatic N) is 2. The van der Waals surface area contributed by atoms with Gasteiger partial charge in [-0.3, -0.25) is 4.68 Å². The Balaban J connectivity index is 2.12. The highest BCUT2D eigenvalue weighted by Crippen LogP contribution is 2.34. The Morgan fingerprint density at radius 3 is 2.82 bits per heavy atom. The Hall–Kier alpha value is -0.830. The molecule has 0 radical (unpaired) electrons. The van der Waals surface area contributed by atoms with Crippen LogP contribution in [0.4, 0.5) is 0 Å². The average Bonchev–Trinajstić information content (AvgIpc) is 2.29. The molecule has 2 N–H and O–H groups in total. The molecule has 0 amide bonds. The van der Waals surface area contributed by atoms with Crippen LogP contribution in [0.25, 0.3) is 0 Å². The van der Waals surface area contributed by atoms with E-state index < -0.39 is 0 Å². The zero-order chi connectivity index (χ0) is 7.84. The maximum atomic E-state index is 5.70. The van der Waals surface area contributed by atoms with E-state index >= 15 is 0 Å². The predicted octanol–water partition coefficient (Wildman–Crippen LogP) is 0.625. The van der Waals surface area contributed by atoms with Crippen LogP contribution >= 0.6 is 0 Å². The third kappa shape index (κ3) is 1.05. The maximum absolute atomic E-state index is 5.70. The summed E-state index contributed by atoms with van der Waals surface area (Å²) in [5, 5.41) is 4.12. The van der Waals surface area contributed by atoms with Gasteiger partial charge >= 0.3 is 0 Å². The Labute approximate surface area is 66.2 Å². The van der Waals surface area contributed by atoms with E-state index in [0.29, 0.717) is 12.0 Å². The summed E-state index contributed by atoms with van der Waals surface area (Å²) in [6.07, 6.45) is 4.10. The van der Waals surface area contributed by atoms with Crippen LogP contribution in [0, 0.1) is 0 Å². The molecule has 3 heteroatoms. The van der Waals surface area contributed by atoms with Crippen molar-refractivity contribution in [2.45, 2.75) is 24.8 Å². The van der Waals surface area contributed by atoms with Crippen molar-refractivity contribution in [3.63, 3.8) is 0 Å². The third-order valence-corrected chi connectivity index (χ3v) is 2.45. The number of hydrogen-bond donors (Lipinski definition) is 1. The van der Waals surface area contributed by atoms with Gasteiger partial charge in [0, 0.05) is 30.9 Å². The van der Waals surface area contributed by atoms with Crippen molar-refractivity contribution in [3.05, 3.63) is 18.0 Å². The average molecular weight is 151 g/mol. The highest BCUT2D eigenvalue weighted by Gasteiger charge is 2.28. The Bertz CT molecular complexity index is 248. The van der Waals surface area contributed by atoms with Crippen LogP contribution in [0.3, 0.4) is 0 Å². The number of nitrogens with two attached hydrogens (primary N) is 1. The topological polar surface area (TPSA) is 43.8 Å². The van der Waals surface area contributed by atoms with Crippen LogP contribution in [0.15, 0.2) is 12.3 Å². The first-order valence-electron chi connectivity index (χ1n) is 4.01. The lowest BCUT2D eigenvalue weighted by molar-refractivity contribution is 0.336. The molecule has 0 unspecified atom stereocenters. The van der Waals surface area contributed by atoms with Crippen LogP contribution in [0.2, 0.25) is 0 Å². The van der Waals surface area contributed by atoms with Crippen molar-refractivity contribution < 1.29 is 0 Å². The minimum Gasteiger partial charge on any atom is -0.328 e. The first kappa shape index (κ1) is 6.85. The molecule has 0 atom stereocenters. The van der Waals surface area contributed by atoms with E-state index in [4.69, 9.17) is 5.73 Å². The first-order chi connectivity index (χ1) is 5.27. The molecule has 1 fully saturated rings. The molecule has 2 rings (SSSR count). The monoisotopic (exact) mass is 151 g/mol. The summed E-state index contributed by atoms with van der Waals surface area (Å²) in [4.78, 5) is 0. The smallest absolute Gasteiger partial charge is 0.0492 e. The second-order valence-electron chi connectivity index (χ2n) is 3.31. The Morgan fingerprint density at radius 1 is 1.64 bits per heavy atom. The molecule has 0 bridgehead atoms. The minimum absolute atomic E-state index is 0.426. The Kier molecular flexibility index (Phi) is 1.46. The number of rotatable bonds is 1. The highest BCUT2D eigenvalue weighted by molar-refractivity contribution is 5.12. The van der Waals surface area contributed by atoms with E-state index in [1.165, 1.54) is 5.69 Å². The molecule has 1 saturated carbocycles. The SMILES string of the molecule is Cn1nccc1C1CC(N)C1. The first-order valence-corrected chi connectivity index (χ1v) is 4.01. The van der Waals surface area contributed by atoms with Crippen molar-refractivity contribution in [1.29, 1.82) is 0 Å². The lowest BCUT2D eigenvalue weighted by atomic mass is 9.79. The molecule has 1 aliphatic rings. The molecule has 1 aliphatic carbocycles. The molecule has 0 aromatic carbocycles. The van der Waals surface area contributed by atoms with Gasteiger partial charge < -0.3 is 5.73 Å². The van der Waals surface area contributed by atoms with E-state index in [1.807, 2.05) is 17.9 Å².